The number of nitrogens with one attached hydrogen (secondary N) is 1. The summed E-state index contributed by atoms with van der Waals surface area (Å²) in [5.41, 5.74) is 2.71. The third-order valence-corrected chi connectivity index (χ3v) is 5.39. The van der Waals surface area contributed by atoms with E-state index in [1.54, 1.807) is 13.2 Å². The van der Waals surface area contributed by atoms with Gasteiger partial charge in [-0.25, -0.2) is 4.39 Å². The third kappa shape index (κ3) is 3.78. The van der Waals surface area contributed by atoms with Gasteiger partial charge in [-0.3, -0.25) is 9.48 Å². The molecule has 3 rings (SSSR count). The van der Waals surface area contributed by atoms with E-state index < -0.39 is 0 Å². The zero-order valence-corrected chi connectivity index (χ0v) is 16.0. The van der Waals surface area contributed by atoms with E-state index in [-0.39, 0.29) is 18.3 Å². The number of nitrogens with zero attached hydrogens (tertiary/aromatic N) is 2. The summed E-state index contributed by atoms with van der Waals surface area (Å²) in [5, 5.41) is 7.82. The average molecular weight is 375 g/mol. The number of hydrogen-bond donors (Lipinski definition) is 1. The van der Waals surface area contributed by atoms with Crippen LogP contribution in [-0.2, 0) is 17.9 Å². The first-order chi connectivity index (χ1) is 12.5. The van der Waals surface area contributed by atoms with Crippen LogP contribution in [0.15, 0.2) is 24.3 Å². The van der Waals surface area contributed by atoms with Crippen molar-refractivity contribution in [1.82, 2.24) is 15.1 Å². The maximum Gasteiger partial charge on any atom is 0.261 e. The predicted molar refractivity (Wildman–Crippen MR) is 101 cm³/mol. The molecule has 7 heteroatoms. The molecule has 0 bridgehead atoms. The maximum atomic E-state index is 14.2. The number of halogens is 1. The highest BCUT2D eigenvalue weighted by Crippen LogP contribution is 2.33. The van der Waals surface area contributed by atoms with Crippen molar-refractivity contribution in [3.63, 3.8) is 0 Å². The van der Waals surface area contributed by atoms with Gasteiger partial charge in [0.15, 0.2) is 0 Å². The van der Waals surface area contributed by atoms with Gasteiger partial charge in [0.25, 0.3) is 5.91 Å². The van der Waals surface area contributed by atoms with Gasteiger partial charge in [0.1, 0.15) is 5.82 Å². The molecule has 0 spiro atoms. The fourth-order valence-electron chi connectivity index (χ4n) is 3.05. The van der Waals surface area contributed by atoms with Gasteiger partial charge in [0.05, 0.1) is 17.2 Å². The Hall–Kier alpha value is -2.25. The quantitative estimate of drug-likeness (QED) is 0.639. The number of hydrogen-bond acceptors (Lipinski definition) is 4. The van der Waals surface area contributed by atoms with Crippen molar-refractivity contribution >= 4 is 27.3 Å². The van der Waals surface area contributed by atoms with E-state index in [1.165, 1.54) is 17.4 Å². The highest BCUT2D eigenvalue weighted by molar-refractivity contribution is 7.21. The van der Waals surface area contributed by atoms with Gasteiger partial charge in [-0.1, -0.05) is 6.07 Å². The zero-order chi connectivity index (χ0) is 18.7. The number of carbonyl (C=O) groups is 1. The molecule has 2 heterocycles. The lowest BCUT2D eigenvalue weighted by Crippen LogP contribution is -2.25. The number of aryl methyl sites for hydroxylation is 3. The minimum absolute atomic E-state index is 0.189. The maximum absolute atomic E-state index is 14.2. The van der Waals surface area contributed by atoms with Crippen LogP contribution in [0.3, 0.4) is 0 Å². The van der Waals surface area contributed by atoms with E-state index in [4.69, 9.17) is 4.74 Å². The van der Waals surface area contributed by atoms with E-state index >= 15 is 0 Å². The molecule has 1 N–H and O–H groups in total. The van der Waals surface area contributed by atoms with E-state index in [1.807, 2.05) is 30.7 Å². The Morgan fingerprint density at radius 3 is 2.88 bits per heavy atom. The van der Waals surface area contributed by atoms with Crippen LogP contribution in [0, 0.1) is 19.7 Å². The normalized spacial score (nSPS) is 11.2. The fourth-order valence-corrected chi connectivity index (χ4v) is 4.18. The SMILES string of the molecule is COCc1c(C(=O)NCCCn2nc(C)cc2C)sc2cccc(F)c12. The molecule has 0 unspecified atom stereocenters. The molecule has 0 atom stereocenters. The standard InChI is InChI=1S/C19H22FN3O2S/c1-12-10-13(2)23(22-12)9-5-8-21-19(24)18-14(11-25-3)17-15(20)6-4-7-16(17)26-18/h4,6-7,10H,5,8-9,11H2,1-3H3,(H,21,24). The van der Waals surface area contributed by atoms with Gasteiger partial charge in [-0.15, -0.1) is 11.3 Å². The second kappa shape index (κ2) is 7.97. The van der Waals surface area contributed by atoms with Crippen molar-refractivity contribution in [1.29, 1.82) is 0 Å². The van der Waals surface area contributed by atoms with Crippen molar-refractivity contribution in [3.8, 4) is 0 Å². The van der Waals surface area contributed by atoms with Crippen molar-refractivity contribution in [3.05, 3.63) is 51.9 Å². The number of aromatic nitrogens is 2. The molecular weight excluding hydrogens is 353 g/mol. The number of benzene rings is 1. The molecule has 0 fully saturated rings. The number of rotatable bonds is 7. The fraction of sp³-hybridized carbons (Fsp3) is 0.368. The summed E-state index contributed by atoms with van der Waals surface area (Å²) < 4.78 is 22.1. The summed E-state index contributed by atoms with van der Waals surface area (Å²) in [6.45, 7) is 5.45. The second-order valence-electron chi connectivity index (χ2n) is 6.22. The zero-order valence-electron chi connectivity index (χ0n) is 15.1. The Balaban J connectivity index is 1.68. The molecule has 0 radical (unpaired) electrons. The Labute approximate surface area is 155 Å². The highest BCUT2D eigenvalue weighted by Gasteiger charge is 2.20. The molecule has 2 aromatic heterocycles. The van der Waals surface area contributed by atoms with Crippen molar-refractivity contribution in [2.75, 3.05) is 13.7 Å². The Morgan fingerprint density at radius 2 is 2.19 bits per heavy atom. The third-order valence-electron chi connectivity index (χ3n) is 4.19. The summed E-state index contributed by atoms with van der Waals surface area (Å²) in [6, 6.07) is 6.91. The van der Waals surface area contributed by atoms with Crippen LogP contribution in [0.5, 0.6) is 0 Å². The van der Waals surface area contributed by atoms with E-state index in [0.717, 1.165) is 29.1 Å². The van der Waals surface area contributed by atoms with Crippen molar-refractivity contribution in [2.24, 2.45) is 0 Å². The lowest BCUT2D eigenvalue weighted by molar-refractivity contribution is 0.0952. The molecule has 138 valence electrons. The van der Waals surface area contributed by atoms with Gasteiger partial charge in [0, 0.05) is 41.5 Å². The minimum atomic E-state index is -0.325. The summed E-state index contributed by atoms with van der Waals surface area (Å²) >= 11 is 1.30. The van der Waals surface area contributed by atoms with Crippen molar-refractivity contribution < 1.29 is 13.9 Å². The predicted octanol–water partition coefficient (Wildman–Crippen LogP) is 3.82. The summed E-state index contributed by atoms with van der Waals surface area (Å²) in [7, 11) is 1.54. The lowest BCUT2D eigenvalue weighted by Gasteiger charge is -2.07. The highest BCUT2D eigenvalue weighted by atomic mass is 32.1. The number of methoxy groups -OCH3 is 1. The van der Waals surface area contributed by atoms with Crippen LogP contribution in [0.1, 0.15) is 33.0 Å². The van der Waals surface area contributed by atoms with Gasteiger partial charge in [-0.05, 0) is 38.5 Å². The van der Waals surface area contributed by atoms with Crippen LogP contribution in [0.2, 0.25) is 0 Å². The smallest absolute Gasteiger partial charge is 0.261 e. The molecule has 1 amide bonds. The largest absolute Gasteiger partial charge is 0.380 e. The first kappa shape index (κ1) is 18.5. The van der Waals surface area contributed by atoms with E-state index in [0.29, 0.717) is 22.4 Å². The molecule has 0 aliphatic heterocycles. The van der Waals surface area contributed by atoms with Crippen LogP contribution >= 0.6 is 11.3 Å². The Morgan fingerprint density at radius 1 is 1.38 bits per heavy atom. The lowest BCUT2D eigenvalue weighted by atomic mass is 10.1. The average Bonchev–Trinajstić information content (AvgIpc) is 3.12. The number of carbonyl (C=O) groups excluding carboxylic acids is 1. The second-order valence-corrected chi connectivity index (χ2v) is 7.27. The van der Waals surface area contributed by atoms with E-state index in [2.05, 4.69) is 10.4 Å². The topological polar surface area (TPSA) is 56.1 Å². The van der Waals surface area contributed by atoms with Crippen LogP contribution < -0.4 is 5.32 Å². The number of ether oxygens (including phenoxy) is 1. The molecule has 3 aromatic rings. The number of thiophene rings is 1. The molecule has 0 saturated carbocycles. The Kier molecular flexibility index (Phi) is 5.68. The van der Waals surface area contributed by atoms with Gasteiger partial charge in [-0.2, -0.15) is 5.10 Å². The molecule has 0 aliphatic rings. The summed E-state index contributed by atoms with van der Waals surface area (Å²) in [5.74, 6) is -0.514. The first-order valence-corrected chi connectivity index (χ1v) is 9.31. The van der Waals surface area contributed by atoms with Crippen LogP contribution in [0.25, 0.3) is 10.1 Å². The van der Waals surface area contributed by atoms with Gasteiger partial charge < -0.3 is 10.1 Å². The molecular formula is C19H22FN3O2S. The first-order valence-electron chi connectivity index (χ1n) is 8.49. The summed E-state index contributed by atoms with van der Waals surface area (Å²) in [6.07, 6.45) is 0.770. The summed E-state index contributed by atoms with van der Waals surface area (Å²) in [4.78, 5) is 13.1. The molecule has 5 nitrogen and oxygen atoms in total. The van der Waals surface area contributed by atoms with E-state index in [9.17, 15) is 9.18 Å². The van der Waals surface area contributed by atoms with Gasteiger partial charge in [0.2, 0.25) is 0 Å². The minimum Gasteiger partial charge on any atom is -0.380 e. The Bertz CT molecular complexity index is 932. The number of amides is 1. The van der Waals surface area contributed by atoms with Crippen LogP contribution in [-0.4, -0.2) is 29.3 Å². The van der Waals surface area contributed by atoms with Gasteiger partial charge >= 0.3 is 0 Å². The number of fused-ring (bicyclic) bond motifs is 1. The molecule has 0 aliphatic carbocycles. The molecule has 0 saturated heterocycles. The van der Waals surface area contributed by atoms with Crippen molar-refractivity contribution in [2.45, 2.75) is 33.4 Å². The molecule has 26 heavy (non-hydrogen) atoms. The molecule has 1 aromatic carbocycles. The monoisotopic (exact) mass is 375 g/mol. The van der Waals surface area contributed by atoms with Crippen LogP contribution in [0.4, 0.5) is 4.39 Å².